The SMILES string of the molecule is Cc1ccc(N([C@H](C)C(=O)Nc2ccccc2C(F)(F)F)S(C)(=O)=O)cc1C. The van der Waals surface area contributed by atoms with Gasteiger partial charge in [-0.3, -0.25) is 9.10 Å². The fourth-order valence-corrected chi connectivity index (χ4v) is 3.91. The Morgan fingerprint density at radius 3 is 2.21 bits per heavy atom. The lowest BCUT2D eigenvalue weighted by Gasteiger charge is -2.29. The van der Waals surface area contributed by atoms with Crippen LogP contribution in [0.25, 0.3) is 0 Å². The van der Waals surface area contributed by atoms with Crippen LogP contribution in [0.4, 0.5) is 24.5 Å². The van der Waals surface area contributed by atoms with E-state index in [-0.39, 0.29) is 5.69 Å². The third-order valence-corrected chi connectivity index (χ3v) is 5.57. The van der Waals surface area contributed by atoms with Crippen molar-refractivity contribution >= 4 is 27.3 Å². The summed E-state index contributed by atoms with van der Waals surface area (Å²) < 4.78 is 64.9. The largest absolute Gasteiger partial charge is 0.418 e. The molecule has 5 nitrogen and oxygen atoms in total. The fourth-order valence-electron chi connectivity index (χ4n) is 2.75. The molecule has 0 heterocycles. The summed E-state index contributed by atoms with van der Waals surface area (Å²) >= 11 is 0. The zero-order valence-electron chi connectivity index (χ0n) is 15.8. The normalized spacial score (nSPS) is 13.1. The van der Waals surface area contributed by atoms with Crippen molar-refractivity contribution in [3.05, 3.63) is 59.2 Å². The van der Waals surface area contributed by atoms with E-state index in [9.17, 15) is 26.4 Å². The molecular formula is C19H21F3N2O3S. The van der Waals surface area contributed by atoms with E-state index in [1.54, 1.807) is 25.1 Å². The van der Waals surface area contributed by atoms with Crippen LogP contribution in [-0.2, 0) is 21.0 Å². The van der Waals surface area contributed by atoms with Gasteiger partial charge in [-0.2, -0.15) is 13.2 Å². The van der Waals surface area contributed by atoms with Crippen molar-refractivity contribution in [3.63, 3.8) is 0 Å². The van der Waals surface area contributed by atoms with Crippen molar-refractivity contribution in [1.29, 1.82) is 0 Å². The number of hydrogen-bond acceptors (Lipinski definition) is 3. The smallest absolute Gasteiger partial charge is 0.324 e. The highest BCUT2D eigenvalue weighted by Crippen LogP contribution is 2.35. The lowest BCUT2D eigenvalue weighted by molar-refractivity contribution is -0.137. The van der Waals surface area contributed by atoms with E-state index in [2.05, 4.69) is 5.32 Å². The van der Waals surface area contributed by atoms with Crippen LogP contribution in [0, 0.1) is 13.8 Å². The summed E-state index contributed by atoms with van der Waals surface area (Å²) in [5, 5.41) is 2.20. The lowest BCUT2D eigenvalue weighted by Crippen LogP contribution is -2.45. The van der Waals surface area contributed by atoms with Crippen molar-refractivity contribution in [2.75, 3.05) is 15.9 Å². The van der Waals surface area contributed by atoms with Crippen LogP contribution in [0.15, 0.2) is 42.5 Å². The first-order valence-corrected chi connectivity index (χ1v) is 10.2. The first kappa shape index (κ1) is 21.7. The number of amides is 1. The number of nitrogens with one attached hydrogen (secondary N) is 1. The Balaban J connectivity index is 2.40. The highest BCUT2D eigenvalue weighted by Gasteiger charge is 2.35. The molecule has 1 amide bonds. The molecule has 0 spiro atoms. The number of carbonyl (C=O) groups is 1. The maximum absolute atomic E-state index is 13.1. The molecule has 152 valence electrons. The third-order valence-electron chi connectivity index (χ3n) is 4.32. The molecule has 28 heavy (non-hydrogen) atoms. The zero-order chi connectivity index (χ0) is 21.3. The van der Waals surface area contributed by atoms with E-state index in [1.165, 1.54) is 19.1 Å². The molecule has 0 aliphatic carbocycles. The van der Waals surface area contributed by atoms with Crippen molar-refractivity contribution in [2.24, 2.45) is 0 Å². The minimum absolute atomic E-state index is 0.261. The van der Waals surface area contributed by atoms with E-state index in [0.29, 0.717) is 0 Å². The maximum Gasteiger partial charge on any atom is 0.418 e. The Kier molecular flexibility index (Phi) is 6.08. The second-order valence-corrected chi connectivity index (χ2v) is 8.40. The van der Waals surface area contributed by atoms with Crippen LogP contribution in [0.3, 0.4) is 0 Å². The predicted molar refractivity (Wildman–Crippen MR) is 103 cm³/mol. The standard InChI is InChI=1S/C19H21F3N2O3S/c1-12-9-10-15(11-13(12)2)24(28(4,26)27)14(3)18(25)23-17-8-6-5-7-16(17)19(20,21)22/h5-11,14H,1-4H3,(H,23,25)/t14-/m1/s1. The molecule has 0 aliphatic heterocycles. The number of alkyl halides is 3. The minimum Gasteiger partial charge on any atom is -0.324 e. The molecule has 0 fully saturated rings. The summed E-state index contributed by atoms with van der Waals surface area (Å²) in [6.07, 6.45) is -3.71. The number of sulfonamides is 1. The topological polar surface area (TPSA) is 66.5 Å². The van der Waals surface area contributed by atoms with Gasteiger partial charge in [-0.15, -0.1) is 0 Å². The molecule has 0 aromatic heterocycles. The summed E-state index contributed by atoms with van der Waals surface area (Å²) in [4.78, 5) is 12.6. The number of nitrogens with zero attached hydrogens (tertiary/aromatic N) is 1. The zero-order valence-corrected chi connectivity index (χ0v) is 16.6. The molecule has 0 saturated carbocycles. The number of carbonyl (C=O) groups excluding carboxylic acids is 1. The van der Waals surface area contributed by atoms with Crippen LogP contribution >= 0.6 is 0 Å². The van der Waals surface area contributed by atoms with Crippen molar-refractivity contribution in [1.82, 2.24) is 0 Å². The van der Waals surface area contributed by atoms with E-state index >= 15 is 0 Å². The summed E-state index contributed by atoms with van der Waals surface area (Å²) in [7, 11) is -3.87. The second-order valence-electron chi connectivity index (χ2n) is 6.54. The van der Waals surface area contributed by atoms with Crippen LogP contribution in [0.5, 0.6) is 0 Å². The third kappa shape index (κ3) is 4.83. The summed E-state index contributed by atoms with van der Waals surface area (Å²) in [5.74, 6) is -0.875. The Morgan fingerprint density at radius 2 is 1.68 bits per heavy atom. The van der Waals surface area contributed by atoms with E-state index in [4.69, 9.17) is 0 Å². The Hall–Kier alpha value is -2.55. The second kappa shape index (κ2) is 7.83. The molecule has 1 atom stereocenters. The van der Waals surface area contributed by atoms with Gasteiger partial charge in [0.15, 0.2) is 0 Å². The first-order valence-electron chi connectivity index (χ1n) is 8.36. The molecule has 9 heteroatoms. The summed E-state index contributed by atoms with van der Waals surface area (Å²) in [6.45, 7) is 4.97. The molecular weight excluding hydrogens is 393 g/mol. The number of hydrogen-bond donors (Lipinski definition) is 1. The van der Waals surface area contributed by atoms with Gasteiger partial charge in [0.25, 0.3) is 0 Å². The number of aryl methyl sites for hydroxylation is 2. The van der Waals surface area contributed by atoms with Gasteiger partial charge >= 0.3 is 6.18 Å². The maximum atomic E-state index is 13.1. The van der Waals surface area contributed by atoms with Crippen LogP contribution in [0.2, 0.25) is 0 Å². The van der Waals surface area contributed by atoms with Crippen molar-refractivity contribution < 1.29 is 26.4 Å². The number of rotatable bonds is 5. The van der Waals surface area contributed by atoms with E-state index < -0.39 is 39.4 Å². The van der Waals surface area contributed by atoms with Crippen LogP contribution in [-0.4, -0.2) is 26.6 Å². The number of halogens is 3. The average molecular weight is 414 g/mol. The van der Waals surface area contributed by atoms with E-state index in [0.717, 1.165) is 33.8 Å². The molecule has 0 unspecified atom stereocenters. The molecule has 1 N–H and O–H groups in total. The lowest BCUT2D eigenvalue weighted by atomic mass is 10.1. The minimum atomic E-state index is -4.66. The van der Waals surface area contributed by atoms with Gasteiger partial charge in [-0.25, -0.2) is 8.42 Å². The average Bonchev–Trinajstić information content (AvgIpc) is 2.56. The molecule has 2 aromatic carbocycles. The van der Waals surface area contributed by atoms with Gasteiger partial charge in [-0.05, 0) is 56.2 Å². The molecule has 0 aliphatic rings. The van der Waals surface area contributed by atoms with Gasteiger partial charge in [0, 0.05) is 0 Å². The Bertz CT molecular complexity index is 988. The van der Waals surface area contributed by atoms with E-state index in [1.807, 2.05) is 6.92 Å². The van der Waals surface area contributed by atoms with Crippen LogP contribution in [0.1, 0.15) is 23.6 Å². The van der Waals surface area contributed by atoms with Crippen molar-refractivity contribution in [2.45, 2.75) is 33.0 Å². The highest BCUT2D eigenvalue weighted by atomic mass is 32.2. The number of benzene rings is 2. The number of para-hydroxylation sites is 1. The van der Waals surface area contributed by atoms with Gasteiger partial charge in [0.1, 0.15) is 6.04 Å². The van der Waals surface area contributed by atoms with Crippen LogP contribution < -0.4 is 9.62 Å². The van der Waals surface area contributed by atoms with Crippen molar-refractivity contribution in [3.8, 4) is 0 Å². The van der Waals surface area contributed by atoms with Gasteiger partial charge in [-0.1, -0.05) is 18.2 Å². The molecule has 0 saturated heterocycles. The van der Waals surface area contributed by atoms with Gasteiger partial charge < -0.3 is 5.32 Å². The van der Waals surface area contributed by atoms with Gasteiger partial charge in [0.05, 0.1) is 23.2 Å². The predicted octanol–water partition coefficient (Wildman–Crippen LogP) is 4.12. The monoisotopic (exact) mass is 414 g/mol. The summed E-state index contributed by atoms with van der Waals surface area (Å²) in [6, 6.07) is 8.14. The molecule has 2 aromatic rings. The Morgan fingerprint density at radius 1 is 1.07 bits per heavy atom. The Labute approximate surface area is 162 Å². The quantitative estimate of drug-likeness (QED) is 0.801. The first-order chi connectivity index (χ1) is 12.8. The summed E-state index contributed by atoms with van der Waals surface area (Å²) in [5.41, 5.74) is 0.583. The highest BCUT2D eigenvalue weighted by molar-refractivity contribution is 7.92. The fraction of sp³-hybridized carbons (Fsp3) is 0.316. The molecule has 0 bridgehead atoms. The van der Waals surface area contributed by atoms with Gasteiger partial charge in [0.2, 0.25) is 15.9 Å². The number of anilines is 2. The molecule has 2 rings (SSSR count). The molecule has 0 radical (unpaired) electrons.